The topological polar surface area (TPSA) is 129 Å². The number of aryl methyl sites for hydroxylation is 3. The van der Waals surface area contributed by atoms with Crippen LogP contribution in [0.2, 0.25) is 0 Å². The number of hydrogen-bond acceptors (Lipinski definition) is 7. The Bertz CT molecular complexity index is 1510. The molecule has 4 N–H and O–H groups in total. The lowest BCUT2D eigenvalue weighted by atomic mass is 9.82. The molecule has 2 aliphatic carbocycles. The SMILES string of the molecule is COCCc1nc2c(N)nc3c(c2n1CCCCC1(S(N)(=O)=O)CC=Cc2c(N(C)C)cccc21)CCCC3. The molecule has 10 heteroatoms. The number of rotatable bonds is 10. The second-order valence-electron chi connectivity index (χ2n) is 11.0. The summed E-state index contributed by atoms with van der Waals surface area (Å²) >= 11 is 0. The highest BCUT2D eigenvalue weighted by atomic mass is 32.2. The van der Waals surface area contributed by atoms with E-state index in [1.165, 1.54) is 5.56 Å². The minimum Gasteiger partial charge on any atom is -0.384 e. The first kappa shape index (κ1) is 27.6. The maximum absolute atomic E-state index is 13.2. The summed E-state index contributed by atoms with van der Waals surface area (Å²) in [5, 5.41) is 5.98. The molecule has 1 aromatic carbocycles. The Morgan fingerprint density at radius 3 is 2.69 bits per heavy atom. The first-order chi connectivity index (χ1) is 18.7. The Balaban J connectivity index is 1.45. The van der Waals surface area contributed by atoms with E-state index in [-0.39, 0.29) is 0 Å². The predicted molar refractivity (Wildman–Crippen MR) is 157 cm³/mol. The molecule has 2 heterocycles. The Morgan fingerprint density at radius 2 is 1.95 bits per heavy atom. The summed E-state index contributed by atoms with van der Waals surface area (Å²) in [6.07, 6.45) is 11.1. The highest BCUT2D eigenvalue weighted by Crippen LogP contribution is 2.45. The number of benzene rings is 1. The number of primary sulfonamides is 1. The third-order valence-corrected chi connectivity index (χ3v) is 10.0. The van der Waals surface area contributed by atoms with Gasteiger partial charge < -0.3 is 19.9 Å². The number of imidazole rings is 1. The number of aromatic nitrogens is 3. The van der Waals surface area contributed by atoms with Gasteiger partial charge in [0.1, 0.15) is 16.1 Å². The number of methoxy groups -OCH3 is 1. The van der Waals surface area contributed by atoms with E-state index in [0.29, 0.717) is 44.7 Å². The number of nitrogens with two attached hydrogens (primary N) is 2. The maximum Gasteiger partial charge on any atom is 0.219 e. The standard InChI is InChI=1S/C29H40N6O3S/c1-34(2)24-14-8-12-22-20(24)11-9-17-29(22,39(31,36)37)16-6-7-18-35-25(15-19-38-3)33-26-27(35)21-10-4-5-13-23(21)32-28(26)30/h8-9,11-12,14H,4-7,10,13,15-19H2,1-3H3,(H2,30,32)(H2,31,36,37). The van der Waals surface area contributed by atoms with E-state index in [1.54, 1.807) is 7.11 Å². The van der Waals surface area contributed by atoms with E-state index < -0.39 is 14.8 Å². The van der Waals surface area contributed by atoms with Gasteiger partial charge in [0.05, 0.1) is 12.1 Å². The quantitative estimate of drug-likeness (QED) is 0.365. The predicted octanol–water partition coefficient (Wildman–Crippen LogP) is 3.92. The van der Waals surface area contributed by atoms with Crippen LogP contribution in [-0.2, 0) is 45.3 Å². The summed E-state index contributed by atoms with van der Waals surface area (Å²) in [7, 11) is 1.74. The Kier molecular flexibility index (Phi) is 7.72. The van der Waals surface area contributed by atoms with Crippen molar-refractivity contribution in [1.82, 2.24) is 14.5 Å². The zero-order valence-corrected chi connectivity index (χ0v) is 24.1. The minimum absolute atomic E-state index is 0.374. The second-order valence-corrected chi connectivity index (χ2v) is 12.9. The molecule has 1 atom stereocenters. The van der Waals surface area contributed by atoms with Gasteiger partial charge in [0, 0.05) is 51.1 Å². The zero-order valence-electron chi connectivity index (χ0n) is 23.2. The molecule has 0 amide bonds. The van der Waals surface area contributed by atoms with Crippen LogP contribution < -0.4 is 15.8 Å². The van der Waals surface area contributed by atoms with Crippen LogP contribution in [0, 0.1) is 0 Å². The van der Waals surface area contributed by atoms with E-state index in [4.69, 9.17) is 25.6 Å². The van der Waals surface area contributed by atoms with Crippen LogP contribution in [0.25, 0.3) is 17.1 Å². The van der Waals surface area contributed by atoms with E-state index >= 15 is 0 Å². The lowest BCUT2D eigenvalue weighted by molar-refractivity contribution is 0.199. The van der Waals surface area contributed by atoms with Crippen LogP contribution in [0.1, 0.15) is 66.7 Å². The highest BCUT2D eigenvalue weighted by Gasteiger charge is 2.45. The number of hydrogen-bond donors (Lipinski definition) is 2. The number of ether oxygens (including phenoxy) is 1. The van der Waals surface area contributed by atoms with Crippen LogP contribution in [0.15, 0.2) is 24.3 Å². The lowest BCUT2D eigenvalue weighted by Crippen LogP contribution is -2.42. The van der Waals surface area contributed by atoms with Gasteiger partial charge in [-0.05, 0) is 68.6 Å². The van der Waals surface area contributed by atoms with Crippen molar-refractivity contribution in [1.29, 1.82) is 0 Å². The van der Waals surface area contributed by atoms with E-state index in [0.717, 1.165) is 71.5 Å². The van der Waals surface area contributed by atoms with Crippen molar-refractivity contribution in [2.45, 2.75) is 69.1 Å². The number of nitrogen functional groups attached to an aromatic ring is 1. The Hall–Kier alpha value is -2.95. The molecule has 0 fully saturated rings. The Morgan fingerprint density at radius 1 is 1.15 bits per heavy atom. The van der Waals surface area contributed by atoms with Crippen LogP contribution in [-0.4, -0.2) is 50.8 Å². The molecule has 210 valence electrons. The van der Waals surface area contributed by atoms with Crippen LogP contribution in [0.5, 0.6) is 0 Å². The first-order valence-corrected chi connectivity index (χ1v) is 15.4. The minimum atomic E-state index is -3.88. The van der Waals surface area contributed by atoms with Crippen LogP contribution >= 0.6 is 0 Å². The molecular formula is C29H40N6O3S. The van der Waals surface area contributed by atoms with E-state index in [9.17, 15) is 8.42 Å². The lowest BCUT2D eigenvalue weighted by Gasteiger charge is -2.36. The molecular weight excluding hydrogens is 512 g/mol. The third-order valence-electron chi connectivity index (χ3n) is 8.34. The summed E-state index contributed by atoms with van der Waals surface area (Å²) in [4.78, 5) is 11.6. The number of nitrogens with zero attached hydrogens (tertiary/aromatic N) is 4. The van der Waals surface area contributed by atoms with Gasteiger partial charge >= 0.3 is 0 Å². The van der Waals surface area contributed by atoms with Crippen LogP contribution in [0.3, 0.4) is 0 Å². The van der Waals surface area contributed by atoms with Gasteiger partial charge in [-0.2, -0.15) is 0 Å². The molecule has 9 nitrogen and oxygen atoms in total. The number of fused-ring (bicyclic) bond motifs is 4. The van der Waals surface area contributed by atoms with Crippen molar-refractivity contribution in [3.05, 3.63) is 52.5 Å². The largest absolute Gasteiger partial charge is 0.384 e. The van der Waals surface area contributed by atoms with Gasteiger partial charge in [0.2, 0.25) is 10.0 Å². The third kappa shape index (κ3) is 4.94. The van der Waals surface area contributed by atoms with Gasteiger partial charge in [-0.25, -0.2) is 23.5 Å². The van der Waals surface area contributed by atoms with Gasteiger partial charge in [0.25, 0.3) is 0 Å². The molecule has 5 rings (SSSR count). The molecule has 0 spiro atoms. The second kappa shape index (κ2) is 10.9. The van der Waals surface area contributed by atoms with Gasteiger partial charge in [-0.3, -0.25) is 0 Å². The molecule has 0 aliphatic heterocycles. The fraction of sp³-hybridized carbons (Fsp3) is 0.517. The van der Waals surface area contributed by atoms with Gasteiger partial charge in [0.15, 0.2) is 5.82 Å². The number of anilines is 2. The van der Waals surface area contributed by atoms with Crippen molar-refractivity contribution >= 4 is 38.6 Å². The summed E-state index contributed by atoms with van der Waals surface area (Å²) in [6, 6.07) is 5.86. The smallest absolute Gasteiger partial charge is 0.219 e. The number of allylic oxidation sites excluding steroid dienone is 1. The van der Waals surface area contributed by atoms with Crippen LogP contribution in [0.4, 0.5) is 11.5 Å². The van der Waals surface area contributed by atoms with Crippen molar-refractivity contribution < 1.29 is 13.2 Å². The summed E-state index contributed by atoms with van der Waals surface area (Å²) in [5.74, 6) is 1.42. The van der Waals surface area contributed by atoms with Crippen molar-refractivity contribution in [3.8, 4) is 0 Å². The average Bonchev–Trinajstić information content (AvgIpc) is 3.28. The van der Waals surface area contributed by atoms with E-state index in [2.05, 4.69) is 4.57 Å². The summed E-state index contributed by atoms with van der Waals surface area (Å²) in [6.45, 7) is 1.28. The number of sulfonamides is 1. The number of pyridine rings is 1. The molecule has 1 unspecified atom stereocenters. The van der Waals surface area contributed by atoms with Gasteiger partial charge in [-0.1, -0.05) is 24.3 Å². The van der Waals surface area contributed by atoms with Crippen molar-refractivity contribution in [2.75, 3.05) is 38.4 Å². The number of unbranched alkanes of at least 4 members (excludes halogenated alkanes) is 1. The molecule has 39 heavy (non-hydrogen) atoms. The normalized spacial score (nSPS) is 18.8. The Labute approximate surface area is 231 Å². The molecule has 2 aliphatic rings. The maximum atomic E-state index is 13.2. The molecule has 0 bridgehead atoms. The summed E-state index contributed by atoms with van der Waals surface area (Å²) < 4.78 is 32.9. The molecule has 0 radical (unpaired) electrons. The summed E-state index contributed by atoms with van der Waals surface area (Å²) in [5.41, 5.74) is 13.3. The van der Waals surface area contributed by atoms with Crippen molar-refractivity contribution in [2.24, 2.45) is 5.14 Å². The highest BCUT2D eigenvalue weighted by molar-refractivity contribution is 7.90. The van der Waals surface area contributed by atoms with Gasteiger partial charge in [-0.15, -0.1) is 0 Å². The molecule has 3 aromatic rings. The zero-order chi connectivity index (χ0) is 27.8. The van der Waals surface area contributed by atoms with Crippen molar-refractivity contribution in [3.63, 3.8) is 0 Å². The molecule has 2 aromatic heterocycles. The fourth-order valence-electron chi connectivity index (χ4n) is 6.40. The first-order valence-electron chi connectivity index (χ1n) is 13.8. The monoisotopic (exact) mass is 552 g/mol. The van der Waals surface area contributed by atoms with E-state index in [1.807, 2.05) is 49.3 Å². The molecule has 0 saturated heterocycles. The average molecular weight is 553 g/mol. The fourth-order valence-corrected chi connectivity index (χ4v) is 7.64. The molecule has 0 saturated carbocycles.